The zero-order valence-corrected chi connectivity index (χ0v) is 11.5. The highest BCUT2D eigenvalue weighted by molar-refractivity contribution is 9.10. The van der Waals surface area contributed by atoms with E-state index in [2.05, 4.69) is 20.8 Å². The number of aliphatic hydroxyl groups is 2. The van der Waals surface area contributed by atoms with Crippen molar-refractivity contribution in [3.8, 4) is 0 Å². The summed E-state index contributed by atoms with van der Waals surface area (Å²) >= 11 is 3.46. The molecule has 0 radical (unpaired) electrons. The number of halogens is 1. The van der Waals surface area contributed by atoms with Gasteiger partial charge in [-0.1, -0.05) is 22.0 Å². The first kappa shape index (κ1) is 12.9. The topological polar surface area (TPSA) is 43.7 Å². The Hall–Kier alpha value is -0.580. The molecule has 1 aliphatic heterocycles. The molecule has 1 heterocycles. The summed E-state index contributed by atoms with van der Waals surface area (Å²) < 4.78 is 1.00. The number of hydrogen-bond donors (Lipinski definition) is 2. The first-order valence-electron chi connectivity index (χ1n) is 5.98. The van der Waals surface area contributed by atoms with Crippen LogP contribution in [0.5, 0.6) is 0 Å². The quantitative estimate of drug-likeness (QED) is 0.901. The lowest BCUT2D eigenvalue weighted by molar-refractivity contribution is 0.199. The second-order valence-electron chi connectivity index (χ2n) is 4.55. The summed E-state index contributed by atoms with van der Waals surface area (Å²) in [6.45, 7) is 2.89. The maximum absolute atomic E-state index is 9.81. The lowest BCUT2D eigenvalue weighted by Crippen LogP contribution is -2.33. The van der Waals surface area contributed by atoms with Gasteiger partial charge in [0.1, 0.15) is 0 Å². The van der Waals surface area contributed by atoms with Gasteiger partial charge < -0.3 is 15.1 Å². The maximum atomic E-state index is 9.81. The van der Waals surface area contributed by atoms with E-state index in [0.29, 0.717) is 0 Å². The molecule has 0 saturated carbocycles. The van der Waals surface area contributed by atoms with Gasteiger partial charge in [-0.3, -0.25) is 0 Å². The number of nitrogens with zero attached hydrogens (tertiary/aromatic N) is 1. The second kappa shape index (κ2) is 5.38. The van der Waals surface area contributed by atoms with Gasteiger partial charge in [0.2, 0.25) is 0 Å². The summed E-state index contributed by atoms with van der Waals surface area (Å²) in [6.07, 6.45) is 1.62. The zero-order chi connectivity index (χ0) is 12.4. The van der Waals surface area contributed by atoms with E-state index in [9.17, 15) is 10.2 Å². The maximum Gasteiger partial charge on any atom is 0.0782 e. The third kappa shape index (κ3) is 2.64. The SMILES string of the molecule is CC(O)c1ccc(Br)cc1N1CCCC1CO. The van der Waals surface area contributed by atoms with Crippen LogP contribution in [0.3, 0.4) is 0 Å². The molecular weight excluding hydrogens is 282 g/mol. The Morgan fingerprint density at radius 2 is 2.29 bits per heavy atom. The van der Waals surface area contributed by atoms with Crippen LogP contribution in [0, 0.1) is 0 Å². The van der Waals surface area contributed by atoms with Crippen LogP contribution >= 0.6 is 15.9 Å². The van der Waals surface area contributed by atoms with E-state index in [4.69, 9.17) is 0 Å². The number of aliphatic hydroxyl groups excluding tert-OH is 2. The molecule has 17 heavy (non-hydrogen) atoms. The largest absolute Gasteiger partial charge is 0.394 e. The minimum Gasteiger partial charge on any atom is -0.394 e. The van der Waals surface area contributed by atoms with E-state index < -0.39 is 6.10 Å². The molecule has 2 rings (SSSR count). The van der Waals surface area contributed by atoms with Crippen LogP contribution in [-0.2, 0) is 0 Å². The Kier molecular flexibility index (Phi) is 4.07. The number of benzene rings is 1. The fourth-order valence-electron chi connectivity index (χ4n) is 2.46. The van der Waals surface area contributed by atoms with Crippen LogP contribution in [0.4, 0.5) is 5.69 Å². The Morgan fingerprint density at radius 1 is 1.53 bits per heavy atom. The van der Waals surface area contributed by atoms with E-state index in [1.165, 1.54) is 0 Å². The molecule has 0 aromatic heterocycles. The van der Waals surface area contributed by atoms with Crippen LogP contribution in [0.1, 0.15) is 31.4 Å². The van der Waals surface area contributed by atoms with E-state index in [1.807, 2.05) is 18.2 Å². The van der Waals surface area contributed by atoms with Gasteiger partial charge >= 0.3 is 0 Å². The summed E-state index contributed by atoms with van der Waals surface area (Å²) in [5, 5.41) is 19.2. The number of anilines is 1. The molecule has 2 unspecified atom stereocenters. The fraction of sp³-hybridized carbons (Fsp3) is 0.538. The Balaban J connectivity index is 2.38. The molecule has 1 fully saturated rings. The van der Waals surface area contributed by atoms with Crippen LogP contribution in [0.15, 0.2) is 22.7 Å². The predicted molar refractivity (Wildman–Crippen MR) is 72.2 cm³/mol. The molecule has 0 aliphatic carbocycles. The predicted octanol–water partition coefficient (Wildman–Crippen LogP) is 2.46. The molecule has 1 aliphatic rings. The lowest BCUT2D eigenvalue weighted by atomic mass is 10.1. The highest BCUT2D eigenvalue weighted by Gasteiger charge is 2.26. The number of rotatable bonds is 3. The standard InChI is InChI=1S/C13H18BrNO2/c1-9(17)12-5-4-10(14)7-13(12)15-6-2-3-11(15)8-16/h4-5,7,9,11,16-17H,2-3,6,8H2,1H3. The molecule has 0 spiro atoms. The van der Waals surface area contributed by atoms with Crippen molar-refractivity contribution < 1.29 is 10.2 Å². The van der Waals surface area contributed by atoms with Crippen molar-refractivity contribution in [2.24, 2.45) is 0 Å². The van der Waals surface area contributed by atoms with E-state index in [0.717, 1.165) is 35.1 Å². The highest BCUT2D eigenvalue weighted by atomic mass is 79.9. The van der Waals surface area contributed by atoms with Gasteiger partial charge in [-0.2, -0.15) is 0 Å². The normalized spacial score (nSPS) is 21.9. The summed E-state index contributed by atoms with van der Waals surface area (Å²) in [6, 6.07) is 6.09. The van der Waals surface area contributed by atoms with Crippen molar-refractivity contribution in [1.29, 1.82) is 0 Å². The molecule has 1 aromatic rings. The third-order valence-corrected chi connectivity index (χ3v) is 3.83. The van der Waals surface area contributed by atoms with Crippen LogP contribution in [0.25, 0.3) is 0 Å². The lowest BCUT2D eigenvalue weighted by Gasteiger charge is -2.28. The van der Waals surface area contributed by atoms with Crippen molar-refractivity contribution in [3.05, 3.63) is 28.2 Å². The molecule has 2 atom stereocenters. The molecule has 2 N–H and O–H groups in total. The molecule has 94 valence electrons. The van der Waals surface area contributed by atoms with E-state index in [-0.39, 0.29) is 12.6 Å². The van der Waals surface area contributed by atoms with Gasteiger partial charge in [-0.25, -0.2) is 0 Å². The smallest absolute Gasteiger partial charge is 0.0782 e. The summed E-state index contributed by atoms with van der Waals surface area (Å²) in [7, 11) is 0. The Labute approximate surface area is 110 Å². The molecule has 1 saturated heterocycles. The van der Waals surface area contributed by atoms with Gasteiger partial charge in [-0.15, -0.1) is 0 Å². The van der Waals surface area contributed by atoms with Crippen molar-refractivity contribution in [1.82, 2.24) is 0 Å². The Morgan fingerprint density at radius 3 is 2.94 bits per heavy atom. The first-order chi connectivity index (χ1) is 8.13. The molecule has 4 heteroatoms. The average molecular weight is 300 g/mol. The minimum atomic E-state index is -0.488. The molecular formula is C13H18BrNO2. The first-order valence-corrected chi connectivity index (χ1v) is 6.77. The van der Waals surface area contributed by atoms with Gasteiger partial charge in [0.05, 0.1) is 18.8 Å². The number of hydrogen-bond acceptors (Lipinski definition) is 3. The van der Waals surface area contributed by atoms with Crippen LogP contribution in [0.2, 0.25) is 0 Å². The fourth-order valence-corrected chi connectivity index (χ4v) is 2.81. The molecule has 1 aromatic carbocycles. The summed E-state index contributed by atoms with van der Waals surface area (Å²) in [5.74, 6) is 0. The second-order valence-corrected chi connectivity index (χ2v) is 5.47. The van der Waals surface area contributed by atoms with Crippen molar-refractivity contribution in [3.63, 3.8) is 0 Å². The molecule has 3 nitrogen and oxygen atoms in total. The van der Waals surface area contributed by atoms with Gasteiger partial charge in [-0.05, 0) is 31.9 Å². The average Bonchev–Trinajstić information content (AvgIpc) is 2.76. The van der Waals surface area contributed by atoms with Gasteiger partial charge in [0.15, 0.2) is 0 Å². The van der Waals surface area contributed by atoms with E-state index in [1.54, 1.807) is 6.92 Å². The van der Waals surface area contributed by atoms with Crippen molar-refractivity contribution in [2.75, 3.05) is 18.1 Å². The zero-order valence-electron chi connectivity index (χ0n) is 9.93. The van der Waals surface area contributed by atoms with Crippen molar-refractivity contribution in [2.45, 2.75) is 31.9 Å². The van der Waals surface area contributed by atoms with E-state index >= 15 is 0 Å². The molecule has 0 bridgehead atoms. The van der Waals surface area contributed by atoms with Crippen LogP contribution < -0.4 is 4.90 Å². The van der Waals surface area contributed by atoms with Gasteiger partial charge in [0.25, 0.3) is 0 Å². The minimum absolute atomic E-state index is 0.172. The molecule has 0 amide bonds. The monoisotopic (exact) mass is 299 g/mol. The van der Waals surface area contributed by atoms with Crippen molar-refractivity contribution >= 4 is 21.6 Å². The summed E-state index contributed by atoms with van der Waals surface area (Å²) in [5.41, 5.74) is 1.96. The Bertz CT molecular complexity index is 395. The van der Waals surface area contributed by atoms with Crippen LogP contribution in [-0.4, -0.2) is 29.4 Å². The highest BCUT2D eigenvalue weighted by Crippen LogP contribution is 2.34. The third-order valence-electron chi connectivity index (χ3n) is 3.34. The summed E-state index contributed by atoms with van der Waals surface area (Å²) in [4.78, 5) is 2.20. The van der Waals surface area contributed by atoms with Gasteiger partial charge in [0, 0.05) is 22.3 Å².